The zero-order chi connectivity index (χ0) is 15.6. The van der Waals surface area contributed by atoms with Crippen molar-refractivity contribution in [3.63, 3.8) is 0 Å². The van der Waals surface area contributed by atoms with Crippen LogP contribution in [0.4, 0.5) is 5.69 Å². The fraction of sp³-hybridized carbons (Fsp3) is 0.417. The summed E-state index contributed by atoms with van der Waals surface area (Å²) in [5.74, 6) is 0.124. The van der Waals surface area contributed by atoms with Crippen LogP contribution < -0.4 is 20.5 Å². The second-order valence-electron chi connectivity index (χ2n) is 4.69. The van der Waals surface area contributed by atoms with E-state index in [9.17, 15) is 13.2 Å². The number of carbonyl (C=O) groups is 1. The SMILES string of the molecule is COc1cc(Br)c(N)cc1S(=O)(=O)NC1CCC(=O)NC1. The molecule has 9 heteroatoms. The van der Waals surface area contributed by atoms with Gasteiger partial charge >= 0.3 is 0 Å². The van der Waals surface area contributed by atoms with E-state index < -0.39 is 10.0 Å². The van der Waals surface area contributed by atoms with E-state index in [4.69, 9.17) is 10.5 Å². The smallest absolute Gasteiger partial charge is 0.244 e. The highest BCUT2D eigenvalue weighted by Crippen LogP contribution is 2.32. The number of ether oxygens (including phenoxy) is 1. The maximum atomic E-state index is 12.5. The molecule has 1 aliphatic heterocycles. The number of anilines is 1. The number of nitrogens with two attached hydrogens (primary N) is 1. The Morgan fingerprint density at radius 3 is 2.76 bits per heavy atom. The van der Waals surface area contributed by atoms with Crippen LogP contribution in [0.15, 0.2) is 21.5 Å². The number of nitrogens with one attached hydrogen (secondary N) is 2. The van der Waals surface area contributed by atoms with Gasteiger partial charge in [-0.25, -0.2) is 13.1 Å². The van der Waals surface area contributed by atoms with Crippen molar-refractivity contribution in [2.45, 2.75) is 23.8 Å². The van der Waals surface area contributed by atoms with Gasteiger partial charge in [0.25, 0.3) is 0 Å². The number of nitrogen functional groups attached to an aromatic ring is 1. The normalized spacial score (nSPS) is 19.1. The van der Waals surface area contributed by atoms with E-state index in [1.54, 1.807) is 0 Å². The second-order valence-corrected chi connectivity index (χ2v) is 7.22. The van der Waals surface area contributed by atoms with E-state index in [1.165, 1.54) is 19.2 Å². The fourth-order valence-corrected chi connectivity index (χ4v) is 3.82. The van der Waals surface area contributed by atoms with Gasteiger partial charge in [-0.05, 0) is 34.5 Å². The summed E-state index contributed by atoms with van der Waals surface area (Å²) in [6, 6.07) is 2.50. The van der Waals surface area contributed by atoms with Gasteiger partial charge in [-0.1, -0.05) is 0 Å². The maximum absolute atomic E-state index is 12.5. The second kappa shape index (κ2) is 6.20. The molecule has 116 valence electrons. The Kier molecular flexibility index (Phi) is 4.74. The van der Waals surface area contributed by atoms with E-state index >= 15 is 0 Å². The first-order valence-corrected chi connectivity index (χ1v) is 8.53. The zero-order valence-corrected chi connectivity index (χ0v) is 13.8. The Hall–Kier alpha value is -1.32. The molecule has 0 aromatic heterocycles. The van der Waals surface area contributed by atoms with Gasteiger partial charge in [0, 0.05) is 29.2 Å². The standard InChI is InChI=1S/C12H16BrN3O4S/c1-20-10-4-8(13)9(14)5-11(10)21(18,19)16-7-2-3-12(17)15-6-7/h4-5,7,16H,2-3,6,14H2,1H3,(H,15,17). The number of halogens is 1. The predicted octanol–water partition coefficient (Wildman–Crippen LogP) is 0.597. The van der Waals surface area contributed by atoms with E-state index in [-0.39, 0.29) is 29.1 Å². The highest BCUT2D eigenvalue weighted by atomic mass is 79.9. The van der Waals surface area contributed by atoms with Crippen molar-refractivity contribution in [1.29, 1.82) is 0 Å². The van der Waals surface area contributed by atoms with Gasteiger partial charge in [0.15, 0.2) is 0 Å². The van der Waals surface area contributed by atoms with Gasteiger partial charge in [-0.15, -0.1) is 0 Å². The summed E-state index contributed by atoms with van der Waals surface area (Å²) in [7, 11) is -2.40. The quantitative estimate of drug-likeness (QED) is 0.665. The summed E-state index contributed by atoms with van der Waals surface area (Å²) in [6.45, 7) is 0.270. The van der Waals surface area contributed by atoms with Crippen LogP contribution in [-0.4, -0.2) is 34.0 Å². The van der Waals surface area contributed by atoms with Gasteiger partial charge in [-0.2, -0.15) is 0 Å². The summed E-state index contributed by atoms with van der Waals surface area (Å²) < 4.78 is 33.1. The van der Waals surface area contributed by atoms with Crippen LogP contribution in [-0.2, 0) is 14.8 Å². The van der Waals surface area contributed by atoms with Crippen LogP contribution in [0.25, 0.3) is 0 Å². The molecule has 0 aliphatic carbocycles. The number of hydrogen-bond donors (Lipinski definition) is 3. The lowest BCUT2D eigenvalue weighted by atomic mass is 10.1. The van der Waals surface area contributed by atoms with E-state index in [2.05, 4.69) is 26.0 Å². The van der Waals surface area contributed by atoms with Crippen LogP contribution in [0.5, 0.6) is 5.75 Å². The lowest BCUT2D eigenvalue weighted by molar-refractivity contribution is -0.122. The highest BCUT2D eigenvalue weighted by molar-refractivity contribution is 9.10. The molecular weight excluding hydrogens is 362 g/mol. The molecule has 0 spiro atoms. The van der Waals surface area contributed by atoms with Crippen molar-refractivity contribution < 1.29 is 17.9 Å². The molecule has 1 aromatic carbocycles. The summed E-state index contributed by atoms with van der Waals surface area (Å²) in [6.07, 6.45) is 0.756. The van der Waals surface area contributed by atoms with Gasteiger partial charge in [0.1, 0.15) is 10.6 Å². The van der Waals surface area contributed by atoms with Gasteiger partial charge in [0.05, 0.1) is 7.11 Å². The Bertz CT molecular complexity index is 653. The summed E-state index contributed by atoms with van der Waals surface area (Å²) >= 11 is 3.23. The summed E-state index contributed by atoms with van der Waals surface area (Å²) in [5.41, 5.74) is 6.04. The lowest BCUT2D eigenvalue weighted by Crippen LogP contribution is -2.47. The molecule has 1 saturated heterocycles. The molecule has 2 rings (SSSR count). The first-order valence-electron chi connectivity index (χ1n) is 6.25. The van der Waals surface area contributed by atoms with Crippen molar-refractivity contribution in [2.24, 2.45) is 0 Å². The lowest BCUT2D eigenvalue weighted by Gasteiger charge is -2.23. The topological polar surface area (TPSA) is 111 Å². The molecule has 1 aromatic rings. The molecule has 0 saturated carbocycles. The molecule has 1 fully saturated rings. The van der Waals surface area contributed by atoms with Crippen LogP contribution in [0.3, 0.4) is 0 Å². The van der Waals surface area contributed by atoms with Crippen molar-refractivity contribution in [1.82, 2.24) is 10.0 Å². The Morgan fingerprint density at radius 2 is 2.19 bits per heavy atom. The molecule has 1 heterocycles. The van der Waals surface area contributed by atoms with Gasteiger partial charge in [-0.3, -0.25) is 4.79 Å². The number of piperidine rings is 1. The third kappa shape index (κ3) is 3.66. The number of benzene rings is 1. The highest BCUT2D eigenvalue weighted by Gasteiger charge is 2.27. The average Bonchev–Trinajstić information content (AvgIpc) is 2.43. The molecule has 0 bridgehead atoms. The van der Waals surface area contributed by atoms with Gasteiger partial charge in [0.2, 0.25) is 15.9 Å². The number of sulfonamides is 1. The van der Waals surface area contributed by atoms with Gasteiger partial charge < -0.3 is 15.8 Å². The van der Waals surface area contributed by atoms with Crippen LogP contribution in [0.2, 0.25) is 0 Å². The van der Waals surface area contributed by atoms with E-state index in [0.29, 0.717) is 23.0 Å². The number of carbonyl (C=O) groups excluding carboxylic acids is 1. The number of methoxy groups -OCH3 is 1. The maximum Gasteiger partial charge on any atom is 0.244 e. The molecule has 4 N–H and O–H groups in total. The average molecular weight is 378 g/mol. The van der Waals surface area contributed by atoms with E-state index in [1.807, 2.05) is 0 Å². The Morgan fingerprint density at radius 1 is 1.48 bits per heavy atom. The minimum Gasteiger partial charge on any atom is -0.495 e. The molecule has 21 heavy (non-hydrogen) atoms. The molecular formula is C12H16BrN3O4S. The third-order valence-electron chi connectivity index (χ3n) is 3.16. The summed E-state index contributed by atoms with van der Waals surface area (Å²) in [4.78, 5) is 11.1. The van der Waals surface area contributed by atoms with E-state index in [0.717, 1.165) is 0 Å². The number of rotatable bonds is 4. The number of amides is 1. The first-order chi connectivity index (χ1) is 9.83. The van der Waals surface area contributed by atoms with Crippen LogP contribution >= 0.6 is 15.9 Å². The minimum absolute atomic E-state index is 0.0254. The van der Waals surface area contributed by atoms with Crippen molar-refractivity contribution >= 4 is 37.5 Å². The Balaban J connectivity index is 2.27. The third-order valence-corrected chi connectivity index (χ3v) is 5.39. The molecule has 1 amide bonds. The van der Waals surface area contributed by atoms with Crippen LogP contribution in [0, 0.1) is 0 Å². The largest absolute Gasteiger partial charge is 0.495 e. The van der Waals surface area contributed by atoms with Crippen molar-refractivity contribution in [3.8, 4) is 5.75 Å². The first kappa shape index (κ1) is 16.1. The zero-order valence-electron chi connectivity index (χ0n) is 11.3. The molecule has 1 aliphatic rings. The Labute approximate surface area is 131 Å². The van der Waals surface area contributed by atoms with Crippen molar-refractivity contribution in [2.75, 3.05) is 19.4 Å². The number of hydrogen-bond acceptors (Lipinski definition) is 5. The minimum atomic E-state index is -3.79. The summed E-state index contributed by atoms with van der Waals surface area (Å²) in [5, 5.41) is 2.63. The predicted molar refractivity (Wildman–Crippen MR) is 81.5 cm³/mol. The van der Waals surface area contributed by atoms with Crippen molar-refractivity contribution in [3.05, 3.63) is 16.6 Å². The molecule has 0 radical (unpaired) electrons. The monoisotopic (exact) mass is 377 g/mol. The molecule has 1 unspecified atom stereocenters. The van der Waals surface area contributed by atoms with Crippen LogP contribution in [0.1, 0.15) is 12.8 Å². The fourth-order valence-electron chi connectivity index (χ4n) is 2.04. The molecule has 7 nitrogen and oxygen atoms in total. The molecule has 1 atom stereocenters.